The molecule has 0 radical (unpaired) electrons. The number of H-pyrrole nitrogens is 1. The van der Waals surface area contributed by atoms with Crippen LogP contribution < -0.4 is 14.5 Å². The molecule has 0 saturated carbocycles. The molecule has 1 amide bonds. The average molecular weight is 530 g/mol. The highest BCUT2D eigenvalue weighted by atomic mass is 16.5. The van der Waals surface area contributed by atoms with Crippen molar-refractivity contribution in [3.63, 3.8) is 0 Å². The lowest BCUT2D eigenvalue weighted by Crippen LogP contribution is -2.49. The van der Waals surface area contributed by atoms with Gasteiger partial charge in [-0.2, -0.15) is 9.97 Å². The van der Waals surface area contributed by atoms with Crippen molar-refractivity contribution in [1.82, 2.24) is 24.8 Å². The minimum Gasteiger partial charge on any atom is -0.462 e. The summed E-state index contributed by atoms with van der Waals surface area (Å²) in [6.45, 7) is 14.2. The first-order valence-electron chi connectivity index (χ1n) is 14.1. The number of fused-ring (bicyclic) bond motifs is 2. The molecule has 5 heterocycles. The molecule has 1 atom stereocenters. The van der Waals surface area contributed by atoms with Gasteiger partial charge in [-0.25, -0.2) is 0 Å². The smallest absolute Gasteiger partial charge is 0.318 e. The first kappa shape index (κ1) is 25.7. The van der Waals surface area contributed by atoms with Gasteiger partial charge >= 0.3 is 6.01 Å². The average Bonchev–Trinajstić information content (AvgIpc) is 3.59. The second-order valence-corrected chi connectivity index (χ2v) is 11.1. The second kappa shape index (κ2) is 10.5. The van der Waals surface area contributed by atoms with Crippen LogP contribution in [0.4, 0.5) is 11.5 Å². The lowest BCUT2D eigenvalue weighted by molar-refractivity contribution is -0.126. The van der Waals surface area contributed by atoms with Crippen molar-refractivity contribution < 1.29 is 9.53 Å². The highest BCUT2D eigenvalue weighted by molar-refractivity contribution is 5.95. The lowest BCUT2D eigenvalue weighted by atomic mass is 9.99. The number of nitrogens with zero attached hydrogens (tertiary/aromatic N) is 6. The Hall–Kier alpha value is -3.59. The number of rotatable bonds is 6. The van der Waals surface area contributed by atoms with Gasteiger partial charge < -0.3 is 29.3 Å². The largest absolute Gasteiger partial charge is 0.462 e. The van der Waals surface area contributed by atoms with E-state index < -0.39 is 0 Å². The molecule has 0 spiro atoms. The van der Waals surface area contributed by atoms with Crippen LogP contribution in [-0.2, 0) is 17.8 Å². The molecule has 2 saturated heterocycles. The van der Waals surface area contributed by atoms with Crippen LogP contribution >= 0.6 is 0 Å². The summed E-state index contributed by atoms with van der Waals surface area (Å²) < 4.78 is 6.28. The summed E-state index contributed by atoms with van der Waals surface area (Å²) in [5.74, 6) is 0.956. The van der Waals surface area contributed by atoms with Gasteiger partial charge in [-0.1, -0.05) is 6.58 Å². The summed E-state index contributed by atoms with van der Waals surface area (Å²) in [4.78, 5) is 34.5. The van der Waals surface area contributed by atoms with Crippen LogP contribution in [0.2, 0.25) is 0 Å². The molecule has 3 aliphatic rings. The van der Waals surface area contributed by atoms with Crippen LogP contribution in [0.1, 0.15) is 35.2 Å². The zero-order valence-corrected chi connectivity index (χ0v) is 23.4. The SMILES string of the molecule is C=CC(=O)N1CCN(c2nc(OC[C@@H]3CCCN3C)nc3c2CCN(c2c(C)c(C)cc4[nH]ccc24)C3)CC1. The fraction of sp³-hybridized carbons (Fsp3) is 0.500. The minimum atomic E-state index is -0.00990. The van der Waals surface area contributed by atoms with Crippen LogP contribution in [0.25, 0.3) is 10.9 Å². The molecule has 3 aromatic rings. The number of aromatic amines is 1. The van der Waals surface area contributed by atoms with Gasteiger partial charge in [0.15, 0.2) is 0 Å². The highest BCUT2D eigenvalue weighted by Gasteiger charge is 2.30. The summed E-state index contributed by atoms with van der Waals surface area (Å²) in [7, 11) is 2.16. The van der Waals surface area contributed by atoms with Crippen LogP contribution in [0.5, 0.6) is 6.01 Å². The lowest BCUT2D eigenvalue weighted by Gasteiger charge is -2.38. The van der Waals surface area contributed by atoms with Crippen molar-refractivity contribution in [1.29, 1.82) is 0 Å². The van der Waals surface area contributed by atoms with Crippen molar-refractivity contribution in [2.75, 3.05) is 62.7 Å². The number of carbonyl (C=O) groups excluding carboxylic acids is 1. The molecule has 39 heavy (non-hydrogen) atoms. The van der Waals surface area contributed by atoms with E-state index in [1.165, 1.54) is 45.8 Å². The Morgan fingerprint density at radius 3 is 2.72 bits per heavy atom. The molecule has 206 valence electrons. The fourth-order valence-electron chi connectivity index (χ4n) is 6.36. The molecule has 9 nitrogen and oxygen atoms in total. The predicted molar refractivity (Wildman–Crippen MR) is 155 cm³/mol. The van der Waals surface area contributed by atoms with E-state index in [1.807, 2.05) is 11.1 Å². The van der Waals surface area contributed by atoms with Crippen molar-refractivity contribution in [2.45, 2.75) is 45.7 Å². The molecular weight excluding hydrogens is 490 g/mol. The van der Waals surface area contributed by atoms with E-state index in [0.29, 0.717) is 38.3 Å². The number of likely N-dealkylation sites (N-methyl/N-ethyl adjacent to an activating group) is 1. The summed E-state index contributed by atoms with van der Waals surface area (Å²) in [6.07, 6.45) is 6.63. The Balaban J connectivity index is 1.32. The zero-order chi connectivity index (χ0) is 27.1. The second-order valence-electron chi connectivity index (χ2n) is 11.1. The molecule has 0 bridgehead atoms. The molecule has 2 fully saturated rings. The molecule has 6 rings (SSSR count). The Kier molecular flexibility index (Phi) is 6.93. The van der Waals surface area contributed by atoms with Gasteiger partial charge in [0.1, 0.15) is 12.4 Å². The van der Waals surface area contributed by atoms with Crippen LogP contribution in [0, 0.1) is 13.8 Å². The molecule has 3 aliphatic heterocycles. The van der Waals surface area contributed by atoms with E-state index in [1.54, 1.807) is 0 Å². The molecular formula is C30H39N7O2. The monoisotopic (exact) mass is 529 g/mol. The summed E-state index contributed by atoms with van der Waals surface area (Å²) in [6, 6.07) is 5.27. The van der Waals surface area contributed by atoms with Crippen molar-refractivity contribution >= 4 is 28.3 Å². The Bertz CT molecular complexity index is 1390. The number of ether oxygens (including phenoxy) is 1. The first-order chi connectivity index (χ1) is 18.9. The summed E-state index contributed by atoms with van der Waals surface area (Å²) in [5.41, 5.74) is 7.28. The first-order valence-corrected chi connectivity index (χ1v) is 14.1. The maximum atomic E-state index is 12.2. The molecule has 1 aromatic carbocycles. The number of amides is 1. The number of benzene rings is 1. The third kappa shape index (κ3) is 4.84. The maximum absolute atomic E-state index is 12.2. The number of anilines is 2. The zero-order valence-electron chi connectivity index (χ0n) is 23.4. The topological polar surface area (TPSA) is 80.8 Å². The van der Waals surface area contributed by atoms with E-state index >= 15 is 0 Å². The number of aryl methyl sites for hydroxylation is 1. The molecule has 1 N–H and O–H groups in total. The van der Waals surface area contributed by atoms with Gasteiger partial charge in [0.25, 0.3) is 0 Å². The van der Waals surface area contributed by atoms with E-state index in [9.17, 15) is 4.79 Å². The third-order valence-electron chi connectivity index (χ3n) is 8.82. The van der Waals surface area contributed by atoms with Crippen LogP contribution in [-0.4, -0.2) is 89.6 Å². The third-order valence-corrected chi connectivity index (χ3v) is 8.82. The van der Waals surface area contributed by atoms with Crippen LogP contribution in [0.3, 0.4) is 0 Å². The van der Waals surface area contributed by atoms with Gasteiger partial charge in [-0.15, -0.1) is 0 Å². The summed E-state index contributed by atoms with van der Waals surface area (Å²) >= 11 is 0. The van der Waals surface area contributed by atoms with Gasteiger partial charge in [0.05, 0.1) is 12.2 Å². The van der Waals surface area contributed by atoms with Gasteiger partial charge in [0, 0.05) is 67.1 Å². The number of hydrogen-bond donors (Lipinski definition) is 1. The Morgan fingerprint density at radius 1 is 1.15 bits per heavy atom. The standard InChI is InChI=1S/C30H39N7O2/c1-5-27(38)35-13-15-36(16-14-35)29-24-9-12-37(28-21(3)20(2)17-25-23(28)8-10-31-25)18-26(24)32-30(33-29)39-19-22-7-6-11-34(22)4/h5,8,10,17,22,31H,1,6-7,9,11-16,18-19H2,2-4H3/t22-/m0/s1. The van der Waals surface area contributed by atoms with E-state index in [4.69, 9.17) is 14.7 Å². The maximum Gasteiger partial charge on any atom is 0.318 e. The summed E-state index contributed by atoms with van der Waals surface area (Å²) in [5, 5.41) is 1.25. The Morgan fingerprint density at radius 2 is 1.97 bits per heavy atom. The number of aromatic nitrogens is 3. The molecule has 9 heteroatoms. The van der Waals surface area contributed by atoms with Crippen molar-refractivity contribution in [2.24, 2.45) is 0 Å². The van der Waals surface area contributed by atoms with E-state index in [2.05, 4.69) is 59.3 Å². The predicted octanol–water partition coefficient (Wildman–Crippen LogP) is 3.45. The van der Waals surface area contributed by atoms with Gasteiger partial charge in [0.2, 0.25) is 5.91 Å². The molecule has 0 aliphatic carbocycles. The number of likely N-dealkylation sites (tertiary alicyclic amines) is 1. The number of carbonyl (C=O) groups is 1. The highest BCUT2D eigenvalue weighted by Crippen LogP contribution is 2.37. The van der Waals surface area contributed by atoms with Crippen LogP contribution in [0.15, 0.2) is 31.0 Å². The molecule has 2 aromatic heterocycles. The van der Waals surface area contributed by atoms with Gasteiger partial charge in [-0.05, 0) is 76.0 Å². The normalized spacial score (nSPS) is 20.0. The number of piperazine rings is 1. The van der Waals surface area contributed by atoms with E-state index in [0.717, 1.165) is 50.5 Å². The van der Waals surface area contributed by atoms with Gasteiger partial charge in [-0.3, -0.25) is 4.79 Å². The Labute approximate surface area is 230 Å². The quantitative estimate of drug-likeness (QED) is 0.490. The number of hydrogen-bond acceptors (Lipinski definition) is 7. The number of nitrogens with one attached hydrogen (secondary N) is 1. The van der Waals surface area contributed by atoms with E-state index in [-0.39, 0.29) is 5.91 Å². The molecule has 0 unspecified atom stereocenters. The fourth-order valence-corrected chi connectivity index (χ4v) is 6.36. The van der Waals surface area contributed by atoms with Crippen molar-refractivity contribution in [3.05, 3.63) is 53.4 Å². The minimum absolute atomic E-state index is 0.00990. The van der Waals surface area contributed by atoms with Crippen molar-refractivity contribution in [3.8, 4) is 6.01 Å².